The van der Waals surface area contributed by atoms with E-state index in [1.54, 1.807) is 13.3 Å². The van der Waals surface area contributed by atoms with Gasteiger partial charge in [0, 0.05) is 56.2 Å². The lowest BCUT2D eigenvalue weighted by Gasteiger charge is -2.19. The topological polar surface area (TPSA) is 69.2 Å². The molecule has 0 aromatic carbocycles. The quantitative estimate of drug-likeness (QED) is 0.840. The van der Waals surface area contributed by atoms with E-state index in [-0.39, 0.29) is 0 Å². The Bertz CT molecular complexity index is 793. The number of nitrogens with zero attached hydrogens (tertiary/aromatic N) is 4. The third-order valence-electron chi connectivity index (χ3n) is 5.64. The van der Waals surface area contributed by atoms with Gasteiger partial charge in [0.1, 0.15) is 5.82 Å². The number of methoxy groups -OCH3 is 1. The molecule has 2 N–H and O–H groups in total. The number of hydrogen-bond acceptors (Lipinski definition) is 5. The van der Waals surface area contributed by atoms with Gasteiger partial charge in [-0.25, -0.2) is 4.98 Å². The van der Waals surface area contributed by atoms with Gasteiger partial charge in [-0.05, 0) is 37.8 Å². The van der Waals surface area contributed by atoms with Crippen LogP contribution in [0.3, 0.4) is 0 Å². The number of pyridine rings is 1. The van der Waals surface area contributed by atoms with Gasteiger partial charge in [-0.2, -0.15) is 5.10 Å². The van der Waals surface area contributed by atoms with Crippen molar-refractivity contribution in [3.63, 3.8) is 0 Å². The molecule has 1 saturated carbocycles. The lowest BCUT2D eigenvalue weighted by molar-refractivity contribution is 0.153. The fourth-order valence-corrected chi connectivity index (χ4v) is 4.42. The normalized spacial score (nSPS) is 25.0. The predicted octanol–water partition coefficient (Wildman–Crippen LogP) is 3.05. The van der Waals surface area contributed by atoms with E-state index in [4.69, 9.17) is 27.2 Å². The Labute approximate surface area is 159 Å². The lowest BCUT2D eigenvalue weighted by Crippen LogP contribution is -2.28. The molecule has 6 nitrogen and oxygen atoms in total. The van der Waals surface area contributed by atoms with Crippen molar-refractivity contribution in [2.24, 2.45) is 11.8 Å². The van der Waals surface area contributed by atoms with Crippen molar-refractivity contribution >= 4 is 17.4 Å². The van der Waals surface area contributed by atoms with Gasteiger partial charge >= 0.3 is 0 Å². The van der Waals surface area contributed by atoms with E-state index in [9.17, 15) is 0 Å². The molecular weight excluding hydrogens is 350 g/mol. The zero-order chi connectivity index (χ0) is 18.4. The van der Waals surface area contributed by atoms with Crippen LogP contribution in [-0.4, -0.2) is 53.0 Å². The van der Waals surface area contributed by atoms with Gasteiger partial charge in [-0.1, -0.05) is 11.6 Å². The molecule has 26 heavy (non-hydrogen) atoms. The summed E-state index contributed by atoms with van der Waals surface area (Å²) in [5.74, 6) is 2.44. The number of nitrogens with two attached hydrogens (primary N) is 1. The summed E-state index contributed by atoms with van der Waals surface area (Å²) in [6.07, 6.45) is 1.75. The SMILES string of the molecule is COCCN1C[C@@H]2C(c3cc(-c4cnc(N)c(Cl)c4)nn3C(C)C)[C@@H]2C1. The van der Waals surface area contributed by atoms with E-state index in [0.29, 0.717) is 22.8 Å². The minimum absolute atomic E-state index is 0.321. The Morgan fingerprint density at radius 1 is 1.31 bits per heavy atom. The van der Waals surface area contributed by atoms with Crippen LogP contribution < -0.4 is 5.73 Å². The number of aromatic nitrogens is 3. The third-order valence-corrected chi connectivity index (χ3v) is 5.94. The number of hydrogen-bond donors (Lipinski definition) is 1. The number of fused-ring (bicyclic) bond motifs is 1. The fraction of sp³-hybridized carbons (Fsp3) is 0.579. The summed E-state index contributed by atoms with van der Waals surface area (Å²) in [4.78, 5) is 6.68. The van der Waals surface area contributed by atoms with Crippen molar-refractivity contribution in [3.8, 4) is 11.3 Å². The van der Waals surface area contributed by atoms with Crippen LogP contribution in [0.15, 0.2) is 18.3 Å². The molecule has 2 aromatic rings. The van der Waals surface area contributed by atoms with Crippen molar-refractivity contribution in [2.75, 3.05) is 39.1 Å². The molecule has 1 saturated heterocycles. The highest BCUT2D eigenvalue weighted by molar-refractivity contribution is 6.33. The summed E-state index contributed by atoms with van der Waals surface area (Å²) in [6, 6.07) is 4.38. The predicted molar refractivity (Wildman–Crippen MR) is 103 cm³/mol. The third kappa shape index (κ3) is 3.10. The van der Waals surface area contributed by atoms with E-state index >= 15 is 0 Å². The molecule has 3 atom stereocenters. The Morgan fingerprint density at radius 3 is 2.65 bits per heavy atom. The molecule has 2 fully saturated rings. The van der Waals surface area contributed by atoms with Crippen LogP contribution in [0.5, 0.6) is 0 Å². The maximum absolute atomic E-state index is 6.15. The van der Waals surface area contributed by atoms with Crippen LogP contribution in [0, 0.1) is 11.8 Å². The Balaban J connectivity index is 1.56. The van der Waals surface area contributed by atoms with Crippen LogP contribution in [0.25, 0.3) is 11.3 Å². The average Bonchev–Trinajstić information content (AvgIpc) is 3.00. The monoisotopic (exact) mass is 375 g/mol. The summed E-state index contributed by atoms with van der Waals surface area (Å²) in [5, 5.41) is 5.32. The first-order valence-electron chi connectivity index (χ1n) is 9.21. The second-order valence-corrected chi connectivity index (χ2v) is 8.10. The number of nitrogen functional groups attached to an aromatic ring is 1. The van der Waals surface area contributed by atoms with Gasteiger partial charge in [0.2, 0.25) is 0 Å². The Kier molecular flexibility index (Phi) is 4.67. The van der Waals surface area contributed by atoms with Crippen LogP contribution >= 0.6 is 11.6 Å². The minimum Gasteiger partial charge on any atom is -0.383 e. The van der Waals surface area contributed by atoms with E-state index < -0.39 is 0 Å². The summed E-state index contributed by atoms with van der Waals surface area (Å²) >= 11 is 6.15. The smallest absolute Gasteiger partial charge is 0.142 e. The van der Waals surface area contributed by atoms with Crippen molar-refractivity contribution in [3.05, 3.63) is 29.0 Å². The second-order valence-electron chi connectivity index (χ2n) is 7.69. The van der Waals surface area contributed by atoms with Gasteiger partial charge in [0.15, 0.2) is 0 Å². The Morgan fingerprint density at radius 2 is 2.04 bits per heavy atom. The molecule has 1 aliphatic carbocycles. The standard InChI is InChI=1S/C19H26ClN5O/c1-11(2)25-17(18-13-9-24(4-5-26-3)10-14(13)18)7-16(23-25)12-6-15(20)19(21)22-8-12/h6-8,11,13-14,18H,4-5,9-10H2,1-3H3,(H2,21,22)/t13-,14+,18?. The summed E-state index contributed by atoms with van der Waals surface area (Å²) < 4.78 is 7.37. The molecule has 2 aliphatic rings. The molecule has 1 aliphatic heterocycles. The number of piperidine rings is 1. The second kappa shape index (κ2) is 6.83. The number of likely N-dealkylation sites (tertiary alicyclic amines) is 1. The van der Waals surface area contributed by atoms with Gasteiger partial charge < -0.3 is 15.4 Å². The summed E-state index contributed by atoms with van der Waals surface area (Å²) in [6.45, 7) is 8.51. The zero-order valence-electron chi connectivity index (χ0n) is 15.5. The molecule has 0 bridgehead atoms. The zero-order valence-corrected chi connectivity index (χ0v) is 16.3. The molecule has 3 heterocycles. The highest BCUT2D eigenvalue weighted by Gasteiger charge is 2.57. The highest BCUT2D eigenvalue weighted by Crippen LogP contribution is 2.58. The first-order chi connectivity index (χ1) is 12.5. The Hall–Kier alpha value is -1.63. The molecule has 0 amide bonds. The van der Waals surface area contributed by atoms with E-state index in [1.165, 1.54) is 5.69 Å². The molecule has 4 rings (SSSR count). The molecule has 1 unspecified atom stereocenters. The number of anilines is 1. The van der Waals surface area contributed by atoms with E-state index in [1.807, 2.05) is 6.07 Å². The van der Waals surface area contributed by atoms with Gasteiger partial charge in [0.05, 0.1) is 17.3 Å². The van der Waals surface area contributed by atoms with Gasteiger partial charge in [0.25, 0.3) is 0 Å². The largest absolute Gasteiger partial charge is 0.383 e. The van der Waals surface area contributed by atoms with Crippen LogP contribution in [0.2, 0.25) is 5.02 Å². The van der Waals surface area contributed by atoms with Crippen molar-refractivity contribution in [2.45, 2.75) is 25.8 Å². The van der Waals surface area contributed by atoms with Crippen molar-refractivity contribution in [1.82, 2.24) is 19.7 Å². The van der Waals surface area contributed by atoms with Crippen LogP contribution in [0.4, 0.5) is 5.82 Å². The van der Waals surface area contributed by atoms with Gasteiger partial charge in [-0.15, -0.1) is 0 Å². The van der Waals surface area contributed by atoms with Crippen LogP contribution in [0.1, 0.15) is 31.5 Å². The fourth-order valence-electron chi connectivity index (χ4n) is 4.26. The lowest BCUT2D eigenvalue weighted by atomic mass is 10.1. The van der Waals surface area contributed by atoms with Crippen LogP contribution in [-0.2, 0) is 4.74 Å². The van der Waals surface area contributed by atoms with Crippen molar-refractivity contribution < 1.29 is 4.74 Å². The molecule has 140 valence electrons. The molecule has 0 radical (unpaired) electrons. The number of halogens is 1. The molecule has 0 spiro atoms. The number of ether oxygens (including phenoxy) is 1. The van der Waals surface area contributed by atoms with E-state index in [0.717, 1.165) is 49.3 Å². The molecule has 2 aromatic heterocycles. The first kappa shape index (κ1) is 17.8. The summed E-state index contributed by atoms with van der Waals surface area (Å²) in [5.41, 5.74) is 8.91. The molecular formula is C19H26ClN5O. The minimum atomic E-state index is 0.321. The highest BCUT2D eigenvalue weighted by atomic mass is 35.5. The average molecular weight is 376 g/mol. The number of rotatable bonds is 6. The summed E-state index contributed by atoms with van der Waals surface area (Å²) in [7, 11) is 1.76. The van der Waals surface area contributed by atoms with E-state index in [2.05, 4.69) is 34.5 Å². The maximum atomic E-state index is 6.15. The maximum Gasteiger partial charge on any atom is 0.142 e. The molecule has 7 heteroatoms. The van der Waals surface area contributed by atoms with Gasteiger partial charge in [-0.3, -0.25) is 4.68 Å². The van der Waals surface area contributed by atoms with Crippen molar-refractivity contribution in [1.29, 1.82) is 0 Å². The first-order valence-corrected chi connectivity index (χ1v) is 9.59.